The molecule has 3 nitrogen and oxygen atoms in total. The van der Waals surface area contributed by atoms with Gasteiger partial charge in [-0.1, -0.05) is 84.9 Å². The van der Waals surface area contributed by atoms with Gasteiger partial charge in [-0.2, -0.15) is 0 Å². The van der Waals surface area contributed by atoms with Crippen LogP contribution in [0.25, 0.3) is 0 Å². The van der Waals surface area contributed by atoms with Gasteiger partial charge in [-0.25, -0.2) is 0 Å². The number of nitrogens with zero attached hydrogens (tertiary/aromatic N) is 1. The van der Waals surface area contributed by atoms with E-state index in [0.29, 0.717) is 18.0 Å². The maximum atomic E-state index is 10.0. The standard InChI is InChI=1S/C27H27NO2/c29-18-20-9-7-8-14-24(20)26-28-23-16-15-19(17-23)25(28)27(30-26,21-10-3-1-4-11-21)22-12-5-2-6-13-22/h1-14,19,23,25-26,29H,15-18H2/t19-,23+,25-,26+/m0/s1. The Balaban J connectivity index is 1.58. The van der Waals surface area contributed by atoms with E-state index in [4.69, 9.17) is 4.74 Å². The van der Waals surface area contributed by atoms with Gasteiger partial charge in [-0.05, 0) is 41.9 Å². The van der Waals surface area contributed by atoms with Crippen molar-refractivity contribution in [1.29, 1.82) is 0 Å². The average Bonchev–Trinajstić information content (AvgIpc) is 3.53. The van der Waals surface area contributed by atoms with Gasteiger partial charge >= 0.3 is 0 Å². The van der Waals surface area contributed by atoms with E-state index in [0.717, 1.165) is 11.1 Å². The van der Waals surface area contributed by atoms with E-state index < -0.39 is 5.60 Å². The molecule has 2 aliphatic heterocycles. The predicted octanol–water partition coefficient (Wildman–Crippen LogP) is 5.00. The highest BCUT2D eigenvalue weighted by Gasteiger charge is 2.65. The summed E-state index contributed by atoms with van der Waals surface area (Å²) in [6.07, 6.45) is 3.61. The first-order chi connectivity index (χ1) is 14.8. The summed E-state index contributed by atoms with van der Waals surface area (Å²) >= 11 is 0. The lowest BCUT2D eigenvalue weighted by Crippen LogP contribution is -2.47. The molecule has 6 rings (SSSR count). The molecule has 1 N–H and O–H groups in total. The number of benzene rings is 3. The van der Waals surface area contributed by atoms with Crippen LogP contribution in [0.2, 0.25) is 0 Å². The van der Waals surface area contributed by atoms with Crippen molar-refractivity contribution in [2.24, 2.45) is 5.92 Å². The molecule has 0 spiro atoms. The van der Waals surface area contributed by atoms with E-state index >= 15 is 0 Å². The molecule has 2 bridgehead atoms. The third-order valence-corrected chi connectivity index (χ3v) is 7.52. The van der Waals surface area contributed by atoms with Crippen LogP contribution in [0.3, 0.4) is 0 Å². The molecule has 0 unspecified atom stereocenters. The van der Waals surface area contributed by atoms with E-state index in [9.17, 15) is 5.11 Å². The molecule has 1 saturated carbocycles. The van der Waals surface area contributed by atoms with Gasteiger partial charge in [0.25, 0.3) is 0 Å². The van der Waals surface area contributed by atoms with Crippen molar-refractivity contribution >= 4 is 0 Å². The smallest absolute Gasteiger partial charge is 0.139 e. The minimum atomic E-state index is -0.504. The predicted molar refractivity (Wildman–Crippen MR) is 117 cm³/mol. The van der Waals surface area contributed by atoms with Crippen molar-refractivity contribution in [3.05, 3.63) is 107 Å². The summed E-state index contributed by atoms with van der Waals surface area (Å²) in [6.45, 7) is 0.0340. The summed E-state index contributed by atoms with van der Waals surface area (Å²) in [5, 5.41) is 10.0. The molecule has 3 aromatic carbocycles. The first-order valence-corrected chi connectivity index (χ1v) is 11.1. The Kier molecular flexibility index (Phi) is 4.31. The number of fused-ring (bicyclic) bond motifs is 5. The van der Waals surface area contributed by atoms with Gasteiger partial charge in [0, 0.05) is 11.6 Å². The van der Waals surface area contributed by atoms with Crippen LogP contribution in [0, 0.1) is 5.92 Å². The summed E-state index contributed by atoms with van der Waals surface area (Å²) in [6, 6.07) is 30.6. The first-order valence-electron chi connectivity index (χ1n) is 11.1. The van der Waals surface area contributed by atoms with Crippen molar-refractivity contribution in [3.8, 4) is 0 Å². The van der Waals surface area contributed by atoms with Crippen LogP contribution in [-0.4, -0.2) is 22.1 Å². The van der Waals surface area contributed by atoms with Gasteiger partial charge < -0.3 is 9.84 Å². The highest BCUT2D eigenvalue weighted by atomic mass is 16.5. The minimum Gasteiger partial charge on any atom is -0.392 e. The third-order valence-electron chi connectivity index (χ3n) is 7.52. The Morgan fingerprint density at radius 3 is 2.13 bits per heavy atom. The molecule has 0 radical (unpaired) electrons. The highest BCUT2D eigenvalue weighted by Crippen LogP contribution is 2.61. The van der Waals surface area contributed by atoms with Crippen LogP contribution in [0.15, 0.2) is 84.9 Å². The van der Waals surface area contributed by atoms with Gasteiger partial charge in [-0.15, -0.1) is 0 Å². The van der Waals surface area contributed by atoms with Crippen LogP contribution >= 0.6 is 0 Å². The second kappa shape index (κ2) is 7.05. The lowest BCUT2D eigenvalue weighted by molar-refractivity contribution is -0.0536. The zero-order chi connectivity index (χ0) is 20.1. The monoisotopic (exact) mass is 397 g/mol. The summed E-state index contributed by atoms with van der Waals surface area (Å²) in [7, 11) is 0. The molecule has 2 heterocycles. The van der Waals surface area contributed by atoms with Crippen molar-refractivity contribution in [2.45, 2.75) is 49.8 Å². The van der Waals surface area contributed by atoms with Gasteiger partial charge in [0.2, 0.25) is 0 Å². The fraction of sp³-hybridized carbons (Fsp3) is 0.333. The summed E-state index contributed by atoms with van der Waals surface area (Å²) in [5.74, 6) is 0.627. The topological polar surface area (TPSA) is 32.7 Å². The first kappa shape index (κ1) is 18.3. The Labute approximate surface area is 177 Å². The molecule has 3 aromatic rings. The second-order valence-electron chi connectivity index (χ2n) is 8.91. The molecule has 152 valence electrons. The molecular weight excluding hydrogens is 370 g/mol. The van der Waals surface area contributed by atoms with Crippen molar-refractivity contribution in [2.75, 3.05) is 0 Å². The van der Waals surface area contributed by atoms with E-state index in [1.807, 2.05) is 12.1 Å². The van der Waals surface area contributed by atoms with E-state index in [1.54, 1.807) is 0 Å². The molecular formula is C27H27NO2. The van der Waals surface area contributed by atoms with Crippen LogP contribution in [0.4, 0.5) is 0 Å². The number of rotatable bonds is 4. The van der Waals surface area contributed by atoms with Crippen LogP contribution in [0.1, 0.15) is 47.7 Å². The third kappa shape index (κ3) is 2.49. The Hall–Kier alpha value is -2.46. The fourth-order valence-corrected chi connectivity index (χ4v) is 6.36. The second-order valence-corrected chi connectivity index (χ2v) is 8.91. The zero-order valence-corrected chi connectivity index (χ0v) is 17.0. The van der Waals surface area contributed by atoms with Gasteiger partial charge in [0.05, 0.1) is 12.6 Å². The van der Waals surface area contributed by atoms with E-state index in [2.05, 4.69) is 77.7 Å². The number of hydrogen-bond acceptors (Lipinski definition) is 3. The van der Waals surface area contributed by atoms with Crippen molar-refractivity contribution in [1.82, 2.24) is 4.90 Å². The Bertz CT molecular complexity index is 995. The maximum Gasteiger partial charge on any atom is 0.139 e. The van der Waals surface area contributed by atoms with E-state index in [-0.39, 0.29) is 12.8 Å². The average molecular weight is 398 g/mol. The molecule has 3 aliphatic rings. The van der Waals surface area contributed by atoms with Crippen LogP contribution in [0.5, 0.6) is 0 Å². The van der Waals surface area contributed by atoms with Crippen molar-refractivity contribution < 1.29 is 9.84 Å². The molecule has 1 aliphatic carbocycles. The summed E-state index contributed by atoms with van der Waals surface area (Å²) in [5.41, 5.74) is 4.01. The van der Waals surface area contributed by atoms with Crippen molar-refractivity contribution in [3.63, 3.8) is 0 Å². The fourth-order valence-electron chi connectivity index (χ4n) is 6.36. The number of aliphatic hydroxyl groups is 1. The van der Waals surface area contributed by atoms with Gasteiger partial charge in [0.1, 0.15) is 11.8 Å². The Morgan fingerprint density at radius 2 is 1.47 bits per heavy atom. The molecule has 30 heavy (non-hydrogen) atoms. The number of hydrogen-bond donors (Lipinski definition) is 1. The SMILES string of the molecule is OCc1ccccc1[C@H]1OC(c2ccccc2)(c2ccccc2)[C@@H]2[C@H]3CC[C@H](C3)N12. The largest absolute Gasteiger partial charge is 0.392 e. The molecule has 3 heteroatoms. The molecule has 4 atom stereocenters. The lowest BCUT2D eigenvalue weighted by atomic mass is 9.75. The Morgan fingerprint density at radius 1 is 0.833 bits per heavy atom. The highest BCUT2D eigenvalue weighted by molar-refractivity contribution is 5.43. The summed E-state index contributed by atoms with van der Waals surface area (Å²) in [4.78, 5) is 2.64. The molecule has 0 aromatic heterocycles. The van der Waals surface area contributed by atoms with Gasteiger partial charge in [0.15, 0.2) is 0 Å². The maximum absolute atomic E-state index is 10.0. The molecule has 0 amide bonds. The quantitative estimate of drug-likeness (QED) is 0.672. The van der Waals surface area contributed by atoms with Gasteiger partial charge in [-0.3, -0.25) is 4.90 Å². The number of piperidine rings is 1. The molecule has 2 saturated heterocycles. The lowest BCUT2D eigenvalue weighted by Gasteiger charge is -2.39. The van der Waals surface area contributed by atoms with E-state index in [1.165, 1.54) is 30.4 Å². The number of aliphatic hydroxyl groups excluding tert-OH is 1. The number of ether oxygens (including phenoxy) is 1. The normalized spacial score (nSPS) is 29.2. The van der Waals surface area contributed by atoms with Crippen LogP contribution < -0.4 is 0 Å². The summed E-state index contributed by atoms with van der Waals surface area (Å²) < 4.78 is 7.21. The van der Waals surface area contributed by atoms with Crippen LogP contribution in [-0.2, 0) is 16.9 Å². The molecule has 3 fully saturated rings. The minimum absolute atomic E-state index is 0.0340. The zero-order valence-electron chi connectivity index (χ0n) is 17.0.